The number of nitrogens with one attached hydrogen (secondary N) is 1. The molecule has 0 aromatic carbocycles. The van der Waals surface area contributed by atoms with E-state index in [1.54, 1.807) is 11.3 Å². The van der Waals surface area contributed by atoms with Crippen molar-refractivity contribution in [2.24, 2.45) is 5.92 Å². The Balaban J connectivity index is 1.44. The topological polar surface area (TPSA) is 32.3 Å². The third-order valence-electron chi connectivity index (χ3n) is 5.29. The van der Waals surface area contributed by atoms with Crippen LogP contribution in [0.5, 0.6) is 0 Å². The first-order valence-corrected chi connectivity index (χ1v) is 9.75. The van der Waals surface area contributed by atoms with Gasteiger partial charge in [0, 0.05) is 31.1 Å². The van der Waals surface area contributed by atoms with Crippen molar-refractivity contribution >= 4 is 17.2 Å². The lowest BCUT2D eigenvalue weighted by Gasteiger charge is -2.36. The van der Waals surface area contributed by atoms with Gasteiger partial charge in [-0.1, -0.05) is 19.3 Å². The number of carbonyl (C=O) groups excluding carboxylic acids is 1. The standard InChI is InChI=1S/C18H28N2OS/c1-14(16-9-12-22-13-16)19-17-7-10-20(11-8-17)18(21)15-5-3-2-4-6-15/h9,12-15,17,19H,2-8,10-11H2,1H3/t14-/m0/s1. The predicted molar refractivity (Wildman–Crippen MR) is 92.0 cm³/mol. The number of thiophene rings is 1. The Bertz CT molecular complexity index is 459. The quantitative estimate of drug-likeness (QED) is 0.910. The number of nitrogens with zero attached hydrogens (tertiary/aromatic N) is 1. The molecule has 4 heteroatoms. The van der Waals surface area contributed by atoms with E-state index in [1.807, 2.05) is 0 Å². The molecule has 22 heavy (non-hydrogen) atoms. The molecule has 2 aliphatic rings. The molecule has 1 aliphatic heterocycles. The molecule has 1 saturated carbocycles. The van der Waals surface area contributed by atoms with Crippen molar-refractivity contribution in [1.29, 1.82) is 0 Å². The van der Waals surface area contributed by atoms with E-state index in [-0.39, 0.29) is 0 Å². The van der Waals surface area contributed by atoms with Gasteiger partial charge in [0.05, 0.1) is 0 Å². The number of hydrogen-bond donors (Lipinski definition) is 1. The number of carbonyl (C=O) groups is 1. The molecular weight excluding hydrogens is 292 g/mol. The monoisotopic (exact) mass is 320 g/mol. The summed E-state index contributed by atoms with van der Waals surface area (Å²) < 4.78 is 0. The summed E-state index contributed by atoms with van der Waals surface area (Å²) in [5, 5.41) is 8.09. The van der Waals surface area contributed by atoms with Gasteiger partial charge in [-0.15, -0.1) is 0 Å². The van der Waals surface area contributed by atoms with Crippen LogP contribution in [0.2, 0.25) is 0 Å². The Kier molecular flexibility index (Phi) is 5.53. The molecule has 2 fully saturated rings. The number of amides is 1. The highest BCUT2D eigenvalue weighted by Gasteiger charge is 2.29. The average Bonchev–Trinajstić information content (AvgIpc) is 3.10. The highest BCUT2D eigenvalue weighted by Crippen LogP contribution is 2.27. The van der Waals surface area contributed by atoms with E-state index in [9.17, 15) is 4.79 Å². The van der Waals surface area contributed by atoms with Crippen molar-refractivity contribution < 1.29 is 4.79 Å². The summed E-state index contributed by atoms with van der Waals surface area (Å²) in [7, 11) is 0. The normalized spacial score (nSPS) is 22.7. The van der Waals surface area contributed by atoms with Gasteiger partial charge in [0.15, 0.2) is 0 Å². The lowest BCUT2D eigenvalue weighted by atomic mass is 9.87. The Morgan fingerprint density at radius 1 is 1.23 bits per heavy atom. The second-order valence-electron chi connectivity index (χ2n) is 6.88. The van der Waals surface area contributed by atoms with Gasteiger partial charge in [-0.3, -0.25) is 4.79 Å². The van der Waals surface area contributed by atoms with E-state index in [1.165, 1.54) is 24.8 Å². The van der Waals surface area contributed by atoms with E-state index < -0.39 is 0 Å². The van der Waals surface area contributed by atoms with Crippen LogP contribution in [0.1, 0.15) is 63.5 Å². The molecule has 1 saturated heterocycles. The molecule has 1 amide bonds. The molecule has 2 heterocycles. The lowest BCUT2D eigenvalue weighted by Crippen LogP contribution is -2.47. The summed E-state index contributed by atoms with van der Waals surface area (Å²) in [6.45, 7) is 4.11. The number of likely N-dealkylation sites (tertiary alicyclic amines) is 1. The van der Waals surface area contributed by atoms with Crippen molar-refractivity contribution in [3.8, 4) is 0 Å². The van der Waals surface area contributed by atoms with Crippen molar-refractivity contribution in [3.05, 3.63) is 22.4 Å². The number of rotatable bonds is 4. The van der Waals surface area contributed by atoms with E-state index in [4.69, 9.17) is 0 Å². The largest absolute Gasteiger partial charge is 0.342 e. The average molecular weight is 321 g/mol. The van der Waals surface area contributed by atoms with Gasteiger partial charge in [0.25, 0.3) is 0 Å². The van der Waals surface area contributed by atoms with Crippen molar-refractivity contribution in [2.45, 2.75) is 64.0 Å². The van der Waals surface area contributed by atoms with Crippen molar-refractivity contribution in [2.75, 3.05) is 13.1 Å². The van der Waals surface area contributed by atoms with Gasteiger partial charge in [-0.05, 0) is 55.0 Å². The van der Waals surface area contributed by atoms with Crippen LogP contribution in [0.15, 0.2) is 16.8 Å². The van der Waals surface area contributed by atoms with Gasteiger partial charge in [-0.2, -0.15) is 11.3 Å². The summed E-state index contributed by atoms with van der Waals surface area (Å²) >= 11 is 1.76. The summed E-state index contributed by atoms with van der Waals surface area (Å²) in [5.74, 6) is 0.757. The lowest BCUT2D eigenvalue weighted by molar-refractivity contribution is -0.137. The van der Waals surface area contributed by atoms with Gasteiger partial charge in [0.2, 0.25) is 5.91 Å². The maximum Gasteiger partial charge on any atom is 0.225 e. The van der Waals surface area contributed by atoms with Crippen LogP contribution >= 0.6 is 11.3 Å². The second kappa shape index (κ2) is 7.60. The molecule has 0 unspecified atom stereocenters. The van der Waals surface area contributed by atoms with Crippen LogP contribution in [0.25, 0.3) is 0 Å². The summed E-state index contributed by atoms with van der Waals surface area (Å²) in [6, 6.07) is 3.16. The fraction of sp³-hybridized carbons (Fsp3) is 0.722. The first-order valence-electron chi connectivity index (χ1n) is 8.81. The maximum atomic E-state index is 12.6. The molecule has 3 nitrogen and oxygen atoms in total. The van der Waals surface area contributed by atoms with Gasteiger partial charge in [-0.25, -0.2) is 0 Å². The zero-order valence-corrected chi connectivity index (χ0v) is 14.4. The molecule has 3 rings (SSSR count). The van der Waals surface area contributed by atoms with E-state index in [0.29, 0.717) is 23.9 Å². The van der Waals surface area contributed by atoms with Crippen LogP contribution < -0.4 is 5.32 Å². The minimum Gasteiger partial charge on any atom is -0.342 e. The zero-order chi connectivity index (χ0) is 15.4. The summed E-state index contributed by atoms with van der Waals surface area (Å²) in [4.78, 5) is 14.7. The Labute approximate surface area is 138 Å². The van der Waals surface area contributed by atoms with E-state index >= 15 is 0 Å². The molecule has 0 spiro atoms. The van der Waals surface area contributed by atoms with E-state index in [0.717, 1.165) is 38.8 Å². The predicted octanol–water partition coefficient (Wildman–Crippen LogP) is 3.97. The fourth-order valence-corrected chi connectivity index (χ4v) is 4.60. The minimum absolute atomic E-state index is 0.322. The zero-order valence-electron chi connectivity index (χ0n) is 13.6. The molecule has 0 bridgehead atoms. The van der Waals surface area contributed by atoms with Gasteiger partial charge < -0.3 is 10.2 Å². The smallest absolute Gasteiger partial charge is 0.225 e. The van der Waals surface area contributed by atoms with Crippen molar-refractivity contribution in [1.82, 2.24) is 10.2 Å². The Morgan fingerprint density at radius 2 is 1.95 bits per heavy atom. The highest BCUT2D eigenvalue weighted by atomic mass is 32.1. The third-order valence-corrected chi connectivity index (χ3v) is 5.99. The number of hydrogen-bond acceptors (Lipinski definition) is 3. The molecule has 1 atom stereocenters. The molecule has 1 N–H and O–H groups in total. The van der Waals surface area contributed by atoms with Crippen LogP contribution in [-0.4, -0.2) is 29.9 Å². The van der Waals surface area contributed by atoms with Crippen LogP contribution in [-0.2, 0) is 4.79 Å². The first kappa shape index (κ1) is 16.0. The summed E-state index contributed by atoms with van der Waals surface area (Å²) in [6.07, 6.45) is 8.22. The Hall–Kier alpha value is -0.870. The molecule has 0 radical (unpaired) electrons. The number of piperidine rings is 1. The molecule has 1 aromatic rings. The van der Waals surface area contributed by atoms with Crippen LogP contribution in [0.4, 0.5) is 0 Å². The SMILES string of the molecule is C[C@H](NC1CCN(C(=O)C2CCCCC2)CC1)c1ccsc1. The second-order valence-corrected chi connectivity index (χ2v) is 7.66. The fourth-order valence-electron chi connectivity index (χ4n) is 3.85. The van der Waals surface area contributed by atoms with Crippen LogP contribution in [0, 0.1) is 5.92 Å². The van der Waals surface area contributed by atoms with Crippen molar-refractivity contribution in [3.63, 3.8) is 0 Å². The molecular formula is C18H28N2OS. The van der Waals surface area contributed by atoms with Crippen LogP contribution in [0.3, 0.4) is 0 Å². The minimum atomic E-state index is 0.322. The van der Waals surface area contributed by atoms with E-state index in [2.05, 4.69) is 34.0 Å². The molecule has 122 valence electrons. The summed E-state index contributed by atoms with van der Waals surface area (Å²) in [5.41, 5.74) is 1.38. The first-order chi connectivity index (χ1) is 10.7. The molecule has 1 aromatic heterocycles. The Morgan fingerprint density at radius 3 is 2.59 bits per heavy atom. The van der Waals surface area contributed by atoms with Gasteiger partial charge in [0.1, 0.15) is 0 Å². The highest BCUT2D eigenvalue weighted by molar-refractivity contribution is 7.07. The molecule has 1 aliphatic carbocycles. The van der Waals surface area contributed by atoms with Gasteiger partial charge >= 0.3 is 0 Å². The third kappa shape index (κ3) is 3.90. The maximum absolute atomic E-state index is 12.6.